The summed E-state index contributed by atoms with van der Waals surface area (Å²) in [5.41, 5.74) is 10.3. The SMILES string of the molecule is Cc1cccc2c(-c3ccccc3)c(-c3ccccc3)n(CCC(=O)N/N=C/c3ccc(O)cc3)c12. The van der Waals surface area contributed by atoms with Gasteiger partial charge in [0.1, 0.15) is 5.75 Å². The number of carbonyl (C=O) groups excluding carboxylic acids is 1. The summed E-state index contributed by atoms with van der Waals surface area (Å²) in [6, 6.07) is 33.8. The Bertz CT molecular complexity index is 1520. The summed E-state index contributed by atoms with van der Waals surface area (Å²) < 4.78 is 2.27. The van der Waals surface area contributed by atoms with Gasteiger partial charge in [0, 0.05) is 23.9 Å². The minimum absolute atomic E-state index is 0.166. The van der Waals surface area contributed by atoms with Crippen molar-refractivity contribution in [3.8, 4) is 28.1 Å². The number of aromatic hydroxyl groups is 1. The van der Waals surface area contributed by atoms with E-state index in [9.17, 15) is 9.90 Å². The van der Waals surface area contributed by atoms with Gasteiger partial charge in [-0.1, -0.05) is 78.9 Å². The average molecular weight is 474 g/mol. The van der Waals surface area contributed by atoms with Gasteiger partial charge in [-0.25, -0.2) is 5.43 Å². The number of amides is 1. The predicted molar refractivity (Wildman–Crippen MR) is 146 cm³/mol. The molecule has 5 nitrogen and oxygen atoms in total. The molecule has 5 heteroatoms. The first kappa shape index (κ1) is 23.1. The molecule has 0 saturated heterocycles. The molecule has 2 N–H and O–H groups in total. The van der Waals surface area contributed by atoms with Gasteiger partial charge in [0.15, 0.2) is 0 Å². The van der Waals surface area contributed by atoms with E-state index in [1.807, 2.05) is 24.3 Å². The number of fused-ring (bicyclic) bond motifs is 1. The zero-order valence-corrected chi connectivity index (χ0v) is 20.1. The van der Waals surface area contributed by atoms with Crippen LogP contribution in [0.5, 0.6) is 5.75 Å². The molecule has 4 aromatic carbocycles. The second-order valence-electron chi connectivity index (χ2n) is 8.71. The van der Waals surface area contributed by atoms with Gasteiger partial charge in [-0.2, -0.15) is 5.10 Å². The van der Waals surface area contributed by atoms with E-state index in [-0.39, 0.29) is 18.1 Å². The zero-order chi connectivity index (χ0) is 24.9. The number of hydrazone groups is 1. The van der Waals surface area contributed by atoms with Gasteiger partial charge in [0.2, 0.25) is 5.91 Å². The number of aromatic nitrogens is 1. The van der Waals surface area contributed by atoms with Crippen LogP contribution in [-0.4, -0.2) is 21.8 Å². The number of phenols is 1. The van der Waals surface area contributed by atoms with Gasteiger partial charge < -0.3 is 9.67 Å². The van der Waals surface area contributed by atoms with Crippen LogP contribution in [0.1, 0.15) is 17.5 Å². The fourth-order valence-electron chi connectivity index (χ4n) is 4.62. The number of hydrogen-bond acceptors (Lipinski definition) is 3. The lowest BCUT2D eigenvalue weighted by molar-refractivity contribution is -0.121. The molecule has 1 aromatic heterocycles. The van der Waals surface area contributed by atoms with Crippen LogP contribution in [0.15, 0.2) is 108 Å². The van der Waals surface area contributed by atoms with Gasteiger partial charge in [0.05, 0.1) is 17.4 Å². The Labute approximate surface area is 210 Å². The van der Waals surface area contributed by atoms with Crippen LogP contribution in [-0.2, 0) is 11.3 Å². The Hall–Kier alpha value is -4.64. The molecule has 0 aliphatic heterocycles. The maximum atomic E-state index is 12.7. The Kier molecular flexibility index (Phi) is 6.63. The quantitative estimate of drug-likeness (QED) is 0.208. The van der Waals surface area contributed by atoms with E-state index in [0.29, 0.717) is 6.54 Å². The fraction of sp³-hybridized carbons (Fsp3) is 0.0968. The molecule has 178 valence electrons. The summed E-state index contributed by atoms with van der Waals surface area (Å²) in [5.74, 6) is 0.0234. The van der Waals surface area contributed by atoms with Crippen molar-refractivity contribution in [3.63, 3.8) is 0 Å². The molecule has 1 amide bonds. The van der Waals surface area contributed by atoms with Gasteiger partial charge in [-0.05, 0) is 53.4 Å². The van der Waals surface area contributed by atoms with Crippen molar-refractivity contribution in [2.45, 2.75) is 19.9 Å². The van der Waals surface area contributed by atoms with Crippen LogP contribution in [0.25, 0.3) is 33.3 Å². The zero-order valence-electron chi connectivity index (χ0n) is 20.1. The first-order valence-corrected chi connectivity index (χ1v) is 12.0. The third-order valence-corrected chi connectivity index (χ3v) is 6.25. The Balaban J connectivity index is 1.50. The number of aryl methyl sites for hydroxylation is 2. The summed E-state index contributed by atoms with van der Waals surface area (Å²) >= 11 is 0. The normalized spacial score (nSPS) is 11.2. The second-order valence-corrected chi connectivity index (χ2v) is 8.71. The minimum atomic E-state index is -0.166. The first-order valence-electron chi connectivity index (χ1n) is 12.0. The van der Waals surface area contributed by atoms with E-state index >= 15 is 0 Å². The topological polar surface area (TPSA) is 66.6 Å². The van der Waals surface area contributed by atoms with E-state index in [4.69, 9.17) is 0 Å². The summed E-state index contributed by atoms with van der Waals surface area (Å²) in [6.07, 6.45) is 1.84. The Morgan fingerprint density at radius 1 is 0.861 bits per heavy atom. The number of nitrogens with one attached hydrogen (secondary N) is 1. The van der Waals surface area contributed by atoms with Crippen molar-refractivity contribution >= 4 is 23.0 Å². The van der Waals surface area contributed by atoms with Crippen molar-refractivity contribution in [2.75, 3.05) is 0 Å². The minimum Gasteiger partial charge on any atom is -0.508 e. The third kappa shape index (κ3) is 4.77. The molecule has 0 aliphatic carbocycles. The number of rotatable bonds is 7. The number of hydrogen-bond donors (Lipinski definition) is 2. The summed E-state index contributed by atoms with van der Waals surface area (Å²) in [6.45, 7) is 2.63. The van der Waals surface area contributed by atoms with Crippen LogP contribution in [0, 0.1) is 6.92 Å². The maximum absolute atomic E-state index is 12.7. The lowest BCUT2D eigenvalue weighted by Crippen LogP contribution is -2.19. The third-order valence-electron chi connectivity index (χ3n) is 6.25. The van der Waals surface area contributed by atoms with E-state index in [2.05, 4.69) is 76.6 Å². The molecular formula is C31H27N3O2. The van der Waals surface area contributed by atoms with Gasteiger partial charge in [-0.3, -0.25) is 4.79 Å². The predicted octanol–water partition coefficient (Wildman–Crippen LogP) is 6.53. The molecular weight excluding hydrogens is 446 g/mol. The molecule has 1 heterocycles. The van der Waals surface area contributed by atoms with Crippen LogP contribution >= 0.6 is 0 Å². The van der Waals surface area contributed by atoms with Crippen molar-refractivity contribution < 1.29 is 9.90 Å². The van der Waals surface area contributed by atoms with Crippen molar-refractivity contribution in [3.05, 3.63) is 114 Å². The molecule has 0 bridgehead atoms. The number of nitrogens with zero attached hydrogens (tertiary/aromatic N) is 2. The molecule has 0 unspecified atom stereocenters. The van der Waals surface area contributed by atoms with E-state index in [1.54, 1.807) is 30.5 Å². The lowest BCUT2D eigenvalue weighted by atomic mass is 9.98. The average Bonchev–Trinajstić information content (AvgIpc) is 3.25. The van der Waals surface area contributed by atoms with Crippen molar-refractivity contribution in [1.29, 1.82) is 0 Å². The van der Waals surface area contributed by atoms with Crippen LogP contribution in [0.3, 0.4) is 0 Å². The highest BCUT2D eigenvalue weighted by Gasteiger charge is 2.21. The molecule has 5 aromatic rings. The summed E-state index contributed by atoms with van der Waals surface area (Å²) in [7, 11) is 0. The second kappa shape index (κ2) is 10.3. The molecule has 0 fully saturated rings. The van der Waals surface area contributed by atoms with E-state index < -0.39 is 0 Å². The molecule has 0 spiro atoms. The van der Waals surface area contributed by atoms with Gasteiger partial charge >= 0.3 is 0 Å². The van der Waals surface area contributed by atoms with Crippen LogP contribution in [0.2, 0.25) is 0 Å². The van der Waals surface area contributed by atoms with Crippen molar-refractivity contribution in [1.82, 2.24) is 9.99 Å². The van der Waals surface area contributed by atoms with Crippen LogP contribution in [0.4, 0.5) is 0 Å². The molecule has 0 saturated carbocycles. The maximum Gasteiger partial charge on any atom is 0.241 e. The largest absolute Gasteiger partial charge is 0.508 e. The molecule has 0 atom stereocenters. The Morgan fingerprint density at radius 3 is 2.22 bits per heavy atom. The smallest absolute Gasteiger partial charge is 0.241 e. The van der Waals surface area contributed by atoms with Crippen LogP contribution < -0.4 is 5.43 Å². The monoisotopic (exact) mass is 473 g/mol. The molecule has 0 radical (unpaired) electrons. The first-order chi connectivity index (χ1) is 17.6. The lowest BCUT2D eigenvalue weighted by Gasteiger charge is -2.13. The van der Waals surface area contributed by atoms with Gasteiger partial charge in [0.25, 0.3) is 0 Å². The highest BCUT2D eigenvalue weighted by molar-refractivity contribution is 6.05. The number of carbonyl (C=O) groups is 1. The highest BCUT2D eigenvalue weighted by Crippen LogP contribution is 2.42. The highest BCUT2D eigenvalue weighted by atomic mass is 16.3. The standard InChI is InChI=1S/C31H27N3O2/c1-22-9-8-14-27-29(24-10-4-2-5-11-24)31(25-12-6-3-7-13-25)34(30(22)27)20-19-28(36)33-32-21-23-15-17-26(35)18-16-23/h2-18,21,35H,19-20H2,1H3,(H,33,36)/b32-21+. The fourth-order valence-corrected chi connectivity index (χ4v) is 4.62. The Morgan fingerprint density at radius 2 is 1.53 bits per heavy atom. The molecule has 0 aliphatic rings. The molecule has 5 rings (SSSR count). The van der Waals surface area contributed by atoms with E-state index in [1.165, 1.54) is 10.9 Å². The summed E-state index contributed by atoms with van der Waals surface area (Å²) in [5, 5.41) is 14.7. The number of para-hydroxylation sites is 1. The van der Waals surface area contributed by atoms with Gasteiger partial charge in [-0.15, -0.1) is 0 Å². The number of benzene rings is 4. The number of phenolic OH excluding ortho intramolecular Hbond substituents is 1. The van der Waals surface area contributed by atoms with E-state index in [0.717, 1.165) is 33.5 Å². The summed E-state index contributed by atoms with van der Waals surface area (Å²) in [4.78, 5) is 12.7. The molecule has 36 heavy (non-hydrogen) atoms. The van der Waals surface area contributed by atoms with Crippen molar-refractivity contribution in [2.24, 2.45) is 5.10 Å².